The molecule has 0 amide bonds. The molecule has 7 nitrogen and oxygen atoms in total. The van der Waals surface area contributed by atoms with Crippen LogP contribution in [0.25, 0.3) is 4.13 Å². The molecule has 2 heterocycles. The Labute approximate surface area is 123 Å². The smallest absolute Gasteiger partial charge is 0.249 e. The second-order valence-electron chi connectivity index (χ2n) is 2.84. The van der Waals surface area contributed by atoms with Crippen molar-refractivity contribution in [3.05, 3.63) is 4.13 Å². The fourth-order valence-corrected chi connectivity index (χ4v) is 12.3. The maximum atomic E-state index is 14.1. The van der Waals surface area contributed by atoms with Crippen molar-refractivity contribution in [2.75, 3.05) is 0 Å². The lowest BCUT2D eigenvalue weighted by Gasteiger charge is -2.13. The van der Waals surface area contributed by atoms with E-state index in [9.17, 15) is 29.4 Å². The molecule has 0 radical (unpaired) electrons. The minimum Gasteiger partial charge on any atom is -0.249 e. The second-order valence-corrected chi connectivity index (χ2v) is 13.4. The van der Waals surface area contributed by atoms with Crippen molar-refractivity contribution in [1.82, 2.24) is 0 Å². The Bertz CT molecular complexity index is 721. The molecule has 0 aromatic heterocycles. The lowest BCUT2D eigenvalue weighted by atomic mass is 13.8. The largest absolute Gasteiger partial charge is 0.425 e. The first-order chi connectivity index (χ1) is 9.41. The molecular weight excluding hydrogens is 451 g/mol. The van der Waals surface area contributed by atoms with Crippen molar-refractivity contribution in [3.8, 4) is 0 Å². The number of rotatable bonds is 1. The van der Waals surface area contributed by atoms with Crippen molar-refractivity contribution in [2.45, 2.75) is 0 Å². The van der Waals surface area contributed by atoms with Crippen LogP contribution in [0.2, 0.25) is 0 Å². The third-order valence-corrected chi connectivity index (χ3v) is 13.2. The third kappa shape index (κ3) is 5.49. The summed E-state index contributed by atoms with van der Waals surface area (Å²) in [6.07, 6.45) is 0. The van der Waals surface area contributed by atoms with Gasteiger partial charge < -0.3 is 0 Å². The molecule has 0 N–H and O–H groups in total. The van der Waals surface area contributed by atoms with Gasteiger partial charge >= 0.3 is 31.1 Å². The molecule has 2 aliphatic heterocycles. The molecule has 21 heteroatoms. The Morgan fingerprint density at radius 2 is 1.38 bits per heavy atom. The van der Waals surface area contributed by atoms with Crippen LogP contribution >= 0.6 is 42.1 Å². The molecule has 0 aliphatic carbocycles. The van der Waals surface area contributed by atoms with Gasteiger partial charge in [-0.15, -0.1) is 43.2 Å². The Morgan fingerprint density at radius 3 is 1.90 bits per heavy atom. The molecule has 21 heavy (non-hydrogen) atoms. The molecule has 122 valence electrons. The quantitative estimate of drug-likeness (QED) is 0.129. The van der Waals surface area contributed by atoms with Crippen LogP contribution in [-0.4, -0.2) is 0 Å². The van der Waals surface area contributed by atoms with Gasteiger partial charge in [-0.05, 0) is 0 Å². The predicted molar refractivity (Wildman–Crippen MR) is 75.7 cm³/mol. The van der Waals surface area contributed by atoms with Crippen LogP contribution in [0, 0.1) is 0 Å². The van der Waals surface area contributed by atoms with Gasteiger partial charge in [-0.25, -0.2) is 4.13 Å². The van der Waals surface area contributed by atoms with Crippen molar-refractivity contribution in [3.63, 3.8) is 0 Å². The van der Waals surface area contributed by atoms with Crippen LogP contribution in [-0.2, 0) is 21.7 Å². The summed E-state index contributed by atoms with van der Waals surface area (Å²) >= 11 is 0.559. The van der Waals surface area contributed by atoms with Gasteiger partial charge in [0.2, 0.25) is 0 Å². The fraction of sp³-hybridized carbons (Fsp3) is 0. The summed E-state index contributed by atoms with van der Waals surface area (Å²) in [6.45, 7) is 0. The van der Waals surface area contributed by atoms with Crippen molar-refractivity contribution >= 4 is 63.8 Å². The van der Waals surface area contributed by atoms with Crippen LogP contribution in [0.15, 0.2) is 26.0 Å². The first-order valence-corrected chi connectivity index (χ1v) is 13.2. The lowest BCUT2D eigenvalue weighted by molar-refractivity contribution is 0.691. The van der Waals surface area contributed by atoms with Crippen LogP contribution in [0.5, 0.6) is 0 Å². The first-order valence-electron chi connectivity index (χ1n) is 4.06. The van der Waals surface area contributed by atoms with Gasteiger partial charge in [0.05, 0.1) is 0 Å². The normalized spacial score (nSPS) is 36.6. The number of hydrogen-bond donors (Lipinski definition) is 0. The van der Waals surface area contributed by atoms with Crippen LogP contribution in [0.1, 0.15) is 0 Å². The van der Waals surface area contributed by atoms with Gasteiger partial charge in [0.1, 0.15) is 11.0 Å². The van der Waals surface area contributed by atoms with E-state index in [0.29, 0.717) is 22.7 Å². The minimum absolute atomic E-state index is 0.529. The zero-order chi connectivity index (χ0) is 15.9. The van der Waals surface area contributed by atoms with E-state index in [1.807, 2.05) is 0 Å². The van der Waals surface area contributed by atoms with Crippen molar-refractivity contribution < 1.29 is 29.4 Å². The van der Waals surface area contributed by atoms with Crippen LogP contribution in [0.4, 0.5) is 29.4 Å². The van der Waals surface area contributed by atoms with Gasteiger partial charge in [-0.3, -0.25) is 0 Å². The van der Waals surface area contributed by atoms with E-state index in [1.54, 1.807) is 9.03 Å². The summed E-state index contributed by atoms with van der Waals surface area (Å²) in [5.74, 6) is 0. The van der Waals surface area contributed by atoms with E-state index < -0.39 is 41.1 Å². The number of halogens is 7. The average Bonchev–Trinajstić information content (AvgIpc) is 2.59. The van der Waals surface area contributed by atoms with Gasteiger partial charge in [-0.2, -0.15) is 8.33 Å². The Morgan fingerprint density at radius 1 is 0.857 bits per heavy atom. The van der Waals surface area contributed by atoms with E-state index in [4.69, 9.17) is 0 Å². The fourth-order valence-electron chi connectivity index (χ4n) is 0.852. The summed E-state index contributed by atoms with van der Waals surface area (Å²) in [6, 6.07) is 0. The van der Waals surface area contributed by atoms with Gasteiger partial charge in [-0.1, -0.05) is 9.91 Å². The van der Waals surface area contributed by atoms with Crippen LogP contribution in [0.3, 0.4) is 0 Å². The van der Waals surface area contributed by atoms with E-state index in [1.165, 1.54) is 0 Å². The molecule has 0 saturated heterocycles. The topological polar surface area (TPSA) is 88.3 Å². The molecule has 0 aromatic carbocycles. The Hall–Kier alpha value is 0.910. The molecule has 2 atom stereocenters. The first kappa shape index (κ1) is 18.3. The molecule has 0 fully saturated rings. The second kappa shape index (κ2) is 6.08. The monoisotopic (exact) mass is 451 g/mol. The highest BCUT2D eigenvalue weighted by atomic mass is 33.1. The molecule has 2 unspecified atom stereocenters. The maximum Gasteiger partial charge on any atom is 0.425 e. The zero-order valence-electron chi connectivity index (χ0n) is 8.79. The third-order valence-electron chi connectivity index (χ3n) is 1.27. The number of nitrogens with zero attached hydrogens (tertiary/aromatic N) is 7. The average molecular weight is 451 g/mol. The van der Waals surface area contributed by atoms with Crippen LogP contribution < -0.4 is 0 Å². The molecular formula is F7N7P4S3. The van der Waals surface area contributed by atoms with Crippen molar-refractivity contribution in [1.29, 1.82) is 0 Å². The molecule has 0 bridgehead atoms. The summed E-state index contributed by atoms with van der Waals surface area (Å²) in [4.78, 5) is 0. The van der Waals surface area contributed by atoms with Gasteiger partial charge in [0.15, 0.2) is 0 Å². The predicted octanol–water partition coefficient (Wildman–Crippen LogP) is 8.42. The molecule has 0 saturated carbocycles. The molecule has 0 spiro atoms. The molecule has 0 aromatic rings. The summed E-state index contributed by atoms with van der Waals surface area (Å²) in [7, 11) is -25.4. The summed E-state index contributed by atoms with van der Waals surface area (Å²) in [5.41, 5.74) is 0. The van der Waals surface area contributed by atoms with E-state index in [2.05, 4.69) is 21.1 Å². The lowest BCUT2D eigenvalue weighted by Crippen LogP contribution is -1.74. The highest BCUT2D eigenvalue weighted by molar-refractivity contribution is 8.74. The van der Waals surface area contributed by atoms with Crippen molar-refractivity contribution in [2.24, 2.45) is 26.0 Å². The molecule has 2 aliphatic rings. The highest BCUT2D eigenvalue weighted by Crippen LogP contribution is 2.82. The zero-order valence-corrected chi connectivity index (χ0v) is 14.8. The minimum atomic E-state index is -6.32. The number of hydrogen-bond acceptors (Lipinski definition) is 7. The van der Waals surface area contributed by atoms with E-state index in [0.717, 1.165) is 0 Å². The Kier molecular flexibility index (Phi) is 5.29. The van der Waals surface area contributed by atoms with E-state index >= 15 is 0 Å². The Balaban J connectivity index is 2.69. The summed E-state index contributed by atoms with van der Waals surface area (Å²) < 4.78 is 110. The summed E-state index contributed by atoms with van der Waals surface area (Å²) in [5, 5.41) is 0. The maximum absolute atomic E-state index is 14.1. The highest BCUT2D eigenvalue weighted by Gasteiger charge is 2.39. The molecule has 2 rings (SSSR count). The standard InChI is InChI=1S/F7N7P4S3/c1-15(2)8-16(3,4)10-18(7,11-17(5,6)9-15)12-21-14-19-13-20-21. The van der Waals surface area contributed by atoms with Gasteiger partial charge in [0, 0.05) is 3.77 Å². The SMILES string of the molecule is FP1(F)=NP(F)(F)=NP(F)(/N=S2\[N-][S+]=NS2)=NP(F)(F)=N1. The van der Waals surface area contributed by atoms with E-state index in [-0.39, 0.29) is 0 Å². The van der Waals surface area contributed by atoms with Gasteiger partial charge in [0.25, 0.3) is 11.7 Å².